The average Bonchev–Trinajstić information content (AvgIpc) is 3.27. The third-order valence-corrected chi connectivity index (χ3v) is 16.9. The van der Waals surface area contributed by atoms with Crippen LogP contribution in [-0.2, 0) is 13.6 Å². The third kappa shape index (κ3) is 4.71. The zero-order chi connectivity index (χ0) is 28.9. The zero-order valence-corrected chi connectivity index (χ0v) is 29.5. The van der Waals surface area contributed by atoms with E-state index < -0.39 is 63.1 Å². The highest BCUT2D eigenvalue weighted by Gasteiger charge is 2.77. The molecule has 9 heteroatoms. The molecule has 1 heterocycles. The van der Waals surface area contributed by atoms with Crippen molar-refractivity contribution in [3.63, 3.8) is 0 Å². The molecule has 0 aromatic carbocycles. The molecule has 1 saturated heterocycles. The van der Waals surface area contributed by atoms with E-state index in [1.54, 1.807) is 0 Å². The van der Waals surface area contributed by atoms with E-state index in [2.05, 4.69) is 82.2 Å². The summed E-state index contributed by atoms with van der Waals surface area (Å²) in [5.74, 6) is -1.17. The van der Waals surface area contributed by atoms with Gasteiger partial charge in [-0.1, -0.05) is 55.5 Å². The van der Waals surface area contributed by atoms with Crippen molar-refractivity contribution in [1.29, 1.82) is 0 Å². The van der Waals surface area contributed by atoms with Gasteiger partial charge in [0.25, 0.3) is 0 Å². The second kappa shape index (κ2) is 9.46. The maximum atomic E-state index is 13.0. The number of hydrogen-bond acceptors (Lipinski definition) is 6. The fourth-order valence-corrected chi connectivity index (χ4v) is 10.7. The summed E-state index contributed by atoms with van der Waals surface area (Å²) in [7, 11) is -4.26. The Morgan fingerprint density at radius 3 is 2.16 bits per heavy atom. The first-order chi connectivity index (χ1) is 17.1. The van der Waals surface area contributed by atoms with Crippen LogP contribution in [0.2, 0.25) is 37.8 Å². The van der Waals surface area contributed by atoms with Crippen LogP contribution >= 0.6 is 22.6 Å². The summed E-state index contributed by atoms with van der Waals surface area (Å²) in [5.41, 5.74) is -1.63. The lowest BCUT2D eigenvalue weighted by atomic mass is 9.55. The summed E-state index contributed by atoms with van der Waals surface area (Å²) in [6.07, 6.45) is 3.45. The van der Waals surface area contributed by atoms with Crippen molar-refractivity contribution in [3.8, 4) is 0 Å². The zero-order valence-electron chi connectivity index (χ0n) is 25.3. The van der Waals surface area contributed by atoms with Gasteiger partial charge in [0.2, 0.25) is 0 Å². The number of halogens is 1. The van der Waals surface area contributed by atoms with E-state index in [1.165, 1.54) is 0 Å². The van der Waals surface area contributed by atoms with Crippen molar-refractivity contribution >= 4 is 39.2 Å². The third-order valence-electron chi connectivity index (χ3n) is 10.3. The fourth-order valence-electron chi connectivity index (χ4n) is 7.23. The van der Waals surface area contributed by atoms with E-state index in [-0.39, 0.29) is 11.0 Å². The number of epoxide rings is 1. The van der Waals surface area contributed by atoms with Gasteiger partial charge in [-0.25, -0.2) is 0 Å². The molecule has 38 heavy (non-hydrogen) atoms. The van der Waals surface area contributed by atoms with Crippen LogP contribution in [0.15, 0.2) is 23.3 Å². The summed E-state index contributed by atoms with van der Waals surface area (Å²) < 4.78 is 20.7. The largest absolute Gasteiger partial charge is 0.413 e. The number of alkyl halides is 1. The molecule has 0 bridgehead atoms. The van der Waals surface area contributed by atoms with Gasteiger partial charge in [-0.3, -0.25) is 0 Å². The van der Waals surface area contributed by atoms with Gasteiger partial charge in [0, 0.05) is 28.6 Å². The maximum Gasteiger partial charge on any atom is 0.192 e. The molecule has 8 atom stereocenters. The standard InChI is InChI=1S/C29H51IO6Si2/c1-18-12-22-27(23(18)31,36-37(7,8)9)14-19(17-34-38(10,11)25(2,3)4)13-21-24(32)28(26(5,6)35-28)15-20(16-30)29(21,22)33/h12-13,20-24,31-33H,14-17H2,1-11H3/t20-,21-,22+,23+,24+,27+,28-,29+/m0/s1. The highest BCUT2D eigenvalue weighted by Crippen LogP contribution is 2.66. The fraction of sp³-hybridized carbons (Fsp3) is 0.862. The number of rotatable bonds is 6. The second-order valence-corrected chi connectivity index (χ2v) is 25.5. The van der Waals surface area contributed by atoms with Gasteiger partial charge < -0.3 is 28.9 Å². The maximum absolute atomic E-state index is 13.0. The molecule has 1 spiro atoms. The SMILES string of the molecule is CC1=C[C@@H]2[C@](O[Si](C)(C)C)(CC(CO[Si](C)(C)C(C)(C)C)=C[C@H]3[C@@H](O)[C@]4(C[C@@H](CI)[C@]23O)OC4(C)C)[C@@H]1O. The summed E-state index contributed by atoms with van der Waals surface area (Å²) in [4.78, 5) is 0. The molecule has 2 fully saturated rings. The van der Waals surface area contributed by atoms with E-state index in [1.807, 2.05) is 26.8 Å². The molecule has 3 N–H and O–H groups in total. The molecule has 0 amide bonds. The number of ether oxygens (including phenoxy) is 1. The Hall–Kier alpha value is 0.404. The predicted octanol–water partition coefficient (Wildman–Crippen LogP) is 5.58. The first-order valence-electron chi connectivity index (χ1n) is 14.1. The molecule has 1 aliphatic heterocycles. The minimum atomic E-state index is -2.18. The average molecular weight is 679 g/mol. The van der Waals surface area contributed by atoms with Crippen LogP contribution in [-0.4, -0.2) is 77.6 Å². The monoisotopic (exact) mass is 678 g/mol. The van der Waals surface area contributed by atoms with E-state index >= 15 is 0 Å². The smallest absolute Gasteiger partial charge is 0.192 e. The van der Waals surface area contributed by atoms with Gasteiger partial charge in [0.15, 0.2) is 16.6 Å². The number of aliphatic hydroxyl groups excluding tert-OH is 2. The first-order valence-corrected chi connectivity index (χ1v) is 22.0. The Morgan fingerprint density at radius 2 is 1.68 bits per heavy atom. The van der Waals surface area contributed by atoms with E-state index in [0.717, 1.165) is 11.1 Å². The summed E-state index contributed by atoms with van der Waals surface area (Å²) in [6, 6.07) is 0. The number of aliphatic hydroxyl groups is 3. The van der Waals surface area contributed by atoms with Crippen molar-refractivity contribution in [2.75, 3.05) is 11.0 Å². The molecule has 4 rings (SSSR count). The van der Waals surface area contributed by atoms with Crippen LogP contribution < -0.4 is 0 Å². The lowest BCUT2D eigenvalue weighted by Crippen LogP contribution is -2.68. The highest BCUT2D eigenvalue weighted by molar-refractivity contribution is 14.1. The molecule has 3 aliphatic carbocycles. The molecule has 0 radical (unpaired) electrons. The Bertz CT molecular complexity index is 1010. The lowest BCUT2D eigenvalue weighted by molar-refractivity contribution is -0.202. The Balaban J connectivity index is 1.89. The Morgan fingerprint density at radius 1 is 1.11 bits per heavy atom. The lowest BCUT2D eigenvalue weighted by Gasteiger charge is -2.56. The van der Waals surface area contributed by atoms with Crippen LogP contribution in [0.5, 0.6) is 0 Å². The van der Waals surface area contributed by atoms with E-state index in [0.29, 0.717) is 23.9 Å². The molecule has 218 valence electrons. The molecule has 4 aliphatic rings. The topological polar surface area (TPSA) is 91.7 Å². The van der Waals surface area contributed by atoms with Crippen LogP contribution in [0.1, 0.15) is 54.4 Å². The summed E-state index contributed by atoms with van der Waals surface area (Å²) in [5, 5.41) is 36.8. The van der Waals surface area contributed by atoms with Gasteiger partial charge in [-0.2, -0.15) is 0 Å². The molecule has 0 aromatic heterocycles. The molecular formula is C29H51IO6Si2. The van der Waals surface area contributed by atoms with E-state index in [9.17, 15) is 15.3 Å². The van der Waals surface area contributed by atoms with Crippen LogP contribution in [0, 0.1) is 17.8 Å². The minimum absolute atomic E-state index is 0.0473. The first kappa shape index (κ1) is 31.3. The normalized spacial score (nSPS) is 42.8. The minimum Gasteiger partial charge on any atom is -0.413 e. The van der Waals surface area contributed by atoms with Crippen molar-refractivity contribution in [2.45, 2.75) is 127 Å². The molecule has 1 saturated carbocycles. The molecule has 0 aromatic rings. The molecular weight excluding hydrogens is 627 g/mol. The Kier molecular flexibility index (Phi) is 7.80. The number of hydrogen-bond donors (Lipinski definition) is 3. The van der Waals surface area contributed by atoms with Gasteiger partial charge in [-0.15, -0.1) is 0 Å². The molecule has 0 unspecified atom stereocenters. The van der Waals surface area contributed by atoms with Crippen LogP contribution in [0.4, 0.5) is 0 Å². The van der Waals surface area contributed by atoms with Crippen LogP contribution in [0.3, 0.4) is 0 Å². The van der Waals surface area contributed by atoms with Crippen molar-refractivity contribution in [3.05, 3.63) is 23.3 Å². The van der Waals surface area contributed by atoms with E-state index in [4.69, 9.17) is 13.6 Å². The van der Waals surface area contributed by atoms with Gasteiger partial charge in [0.1, 0.15) is 11.7 Å². The van der Waals surface area contributed by atoms with Gasteiger partial charge >= 0.3 is 0 Å². The molecule has 6 nitrogen and oxygen atoms in total. The highest BCUT2D eigenvalue weighted by atomic mass is 127. The van der Waals surface area contributed by atoms with Crippen molar-refractivity contribution < 1.29 is 28.9 Å². The predicted molar refractivity (Wildman–Crippen MR) is 166 cm³/mol. The van der Waals surface area contributed by atoms with Gasteiger partial charge in [-0.05, 0) is 76.1 Å². The number of fused-ring (bicyclic) bond motifs is 3. The van der Waals surface area contributed by atoms with Crippen molar-refractivity contribution in [1.82, 2.24) is 0 Å². The summed E-state index contributed by atoms with van der Waals surface area (Å²) >= 11 is 2.37. The van der Waals surface area contributed by atoms with Gasteiger partial charge in [0.05, 0.1) is 29.5 Å². The second-order valence-electron chi connectivity index (χ2n) is 15.4. The van der Waals surface area contributed by atoms with Crippen LogP contribution in [0.25, 0.3) is 0 Å². The summed E-state index contributed by atoms with van der Waals surface area (Å²) in [6.45, 7) is 24.0. The Labute approximate surface area is 246 Å². The van der Waals surface area contributed by atoms with Crippen molar-refractivity contribution in [2.24, 2.45) is 17.8 Å². The quantitative estimate of drug-likeness (QED) is 0.112.